The van der Waals surface area contributed by atoms with Crippen LogP contribution in [0.5, 0.6) is 0 Å². The molecule has 1 unspecified atom stereocenters. The van der Waals surface area contributed by atoms with Crippen LogP contribution < -0.4 is 0 Å². The predicted octanol–water partition coefficient (Wildman–Crippen LogP) is 0.835. The first kappa shape index (κ1) is 13.4. The zero-order chi connectivity index (χ0) is 11.6. The Labute approximate surface area is 86.7 Å². The maximum Gasteiger partial charge on any atom is 0.382 e. The molecule has 4 nitrogen and oxygen atoms in total. The summed E-state index contributed by atoms with van der Waals surface area (Å²) in [6.07, 6.45) is 1.51. The molecule has 14 heavy (non-hydrogen) atoms. The SMILES string of the molecule is CCCC(C(=O)O)(N(C)C)[N+](C)(C)C. The van der Waals surface area contributed by atoms with Gasteiger partial charge in [0.05, 0.1) is 21.1 Å². The standard InChI is InChI=1S/C10H22N2O2/c1-7-8-10(9(13)14,11(2)3)12(4,5)6/h7-8H2,1-6H3/p+1. The molecule has 0 aliphatic heterocycles. The van der Waals surface area contributed by atoms with Gasteiger partial charge in [0.2, 0.25) is 0 Å². The van der Waals surface area contributed by atoms with Crippen LogP contribution in [0.2, 0.25) is 0 Å². The molecule has 0 fully saturated rings. The van der Waals surface area contributed by atoms with Crippen LogP contribution in [0.15, 0.2) is 0 Å². The summed E-state index contributed by atoms with van der Waals surface area (Å²) < 4.78 is 0.406. The van der Waals surface area contributed by atoms with E-state index in [0.717, 1.165) is 6.42 Å². The van der Waals surface area contributed by atoms with Gasteiger partial charge >= 0.3 is 5.97 Å². The summed E-state index contributed by atoms with van der Waals surface area (Å²) in [5.74, 6) is -0.753. The first-order valence-corrected chi connectivity index (χ1v) is 4.92. The Balaban J connectivity index is 5.27. The Morgan fingerprint density at radius 2 is 1.79 bits per heavy atom. The summed E-state index contributed by atoms with van der Waals surface area (Å²) in [7, 11) is 9.41. The van der Waals surface area contributed by atoms with Crippen molar-refractivity contribution < 1.29 is 14.4 Å². The van der Waals surface area contributed by atoms with Crippen molar-refractivity contribution in [2.75, 3.05) is 35.2 Å². The molecule has 4 heteroatoms. The molecule has 0 saturated heterocycles. The van der Waals surface area contributed by atoms with Crippen LogP contribution in [0.3, 0.4) is 0 Å². The van der Waals surface area contributed by atoms with Crippen molar-refractivity contribution in [3.63, 3.8) is 0 Å². The van der Waals surface area contributed by atoms with E-state index in [-0.39, 0.29) is 0 Å². The molecule has 0 rings (SSSR count). The lowest BCUT2D eigenvalue weighted by Gasteiger charge is -2.46. The summed E-state index contributed by atoms with van der Waals surface area (Å²) in [5.41, 5.74) is -0.825. The van der Waals surface area contributed by atoms with E-state index in [9.17, 15) is 9.90 Å². The van der Waals surface area contributed by atoms with Crippen LogP contribution >= 0.6 is 0 Å². The molecule has 0 heterocycles. The number of likely N-dealkylation sites (N-methyl/N-ethyl adjacent to an activating group) is 2. The van der Waals surface area contributed by atoms with Gasteiger partial charge in [0.1, 0.15) is 0 Å². The van der Waals surface area contributed by atoms with Crippen molar-refractivity contribution in [3.05, 3.63) is 0 Å². The van der Waals surface area contributed by atoms with E-state index in [1.165, 1.54) is 0 Å². The second-order valence-electron chi connectivity index (χ2n) is 4.78. The van der Waals surface area contributed by atoms with Gasteiger partial charge in [-0.15, -0.1) is 0 Å². The van der Waals surface area contributed by atoms with Gasteiger partial charge in [-0.1, -0.05) is 6.92 Å². The fraction of sp³-hybridized carbons (Fsp3) is 0.900. The van der Waals surface area contributed by atoms with Crippen molar-refractivity contribution in [2.24, 2.45) is 0 Å². The fourth-order valence-electron chi connectivity index (χ4n) is 2.09. The van der Waals surface area contributed by atoms with E-state index < -0.39 is 11.6 Å². The van der Waals surface area contributed by atoms with Gasteiger partial charge in [0.15, 0.2) is 0 Å². The number of nitrogens with zero attached hydrogens (tertiary/aromatic N) is 2. The Morgan fingerprint density at radius 3 is 1.86 bits per heavy atom. The number of quaternary nitrogens is 1. The quantitative estimate of drug-likeness (QED) is 0.531. The number of carboxylic acids is 1. The summed E-state index contributed by atoms with van der Waals surface area (Å²) in [4.78, 5) is 13.2. The van der Waals surface area contributed by atoms with E-state index in [2.05, 4.69) is 0 Å². The minimum Gasteiger partial charge on any atom is -0.476 e. The molecule has 0 bridgehead atoms. The van der Waals surface area contributed by atoms with Crippen molar-refractivity contribution in [1.29, 1.82) is 0 Å². The third-order valence-electron chi connectivity index (χ3n) is 2.79. The van der Waals surface area contributed by atoms with Gasteiger partial charge in [-0.2, -0.15) is 0 Å². The molecule has 1 atom stereocenters. The number of hydrogen-bond acceptors (Lipinski definition) is 2. The number of carboxylic acid groups (broad SMARTS) is 1. The molecule has 84 valence electrons. The summed E-state index contributed by atoms with van der Waals surface area (Å²) >= 11 is 0. The first-order chi connectivity index (χ1) is 6.20. The van der Waals surface area contributed by atoms with Gasteiger partial charge < -0.3 is 9.59 Å². The molecule has 0 aromatic rings. The second-order valence-corrected chi connectivity index (χ2v) is 4.78. The monoisotopic (exact) mass is 203 g/mol. The minimum absolute atomic E-state index is 0.406. The number of carbonyl (C=O) groups is 1. The lowest BCUT2D eigenvalue weighted by molar-refractivity contribution is -0.927. The van der Waals surface area contributed by atoms with E-state index in [1.54, 1.807) is 4.90 Å². The zero-order valence-corrected chi connectivity index (χ0v) is 10.2. The van der Waals surface area contributed by atoms with Crippen molar-refractivity contribution in [1.82, 2.24) is 4.90 Å². The third kappa shape index (κ3) is 2.07. The van der Waals surface area contributed by atoms with Gasteiger partial charge in [-0.3, -0.25) is 0 Å². The lowest BCUT2D eigenvalue weighted by Crippen LogP contribution is -2.69. The Bertz CT molecular complexity index is 209. The molecular formula is C10H23N2O2+. The Kier molecular flexibility index (Phi) is 4.09. The highest BCUT2D eigenvalue weighted by molar-refractivity contribution is 5.76. The highest BCUT2D eigenvalue weighted by atomic mass is 16.4. The van der Waals surface area contributed by atoms with Gasteiger partial charge in [-0.25, -0.2) is 9.69 Å². The molecule has 0 aromatic carbocycles. The minimum atomic E-state index is -0.825. The molecule has 0 radical (unpaired) electrons. The molecule has 0 saturated carbocycles. The Hall–Kier alpha value is -0.610. The van der Waals surface area contributed by atoms with Gasteiger partial charge in [-0.05, 0) is 20.5 Å². The molecule has 0 aliphatic rings. The molecule has 0 aliphatic carbocycles. The van der Waals surface area contributed by atoms with Crippen molar-refractivity contribution >= 4 is 5.97 Å². The lowest BCUT2D eigenvalue weighted by atomic mass is 9.99. The average molecular weight is 203 g/mol. The second kappa shape index (κ2) is 4.28. The highest BCUT2D eigenvalue weighted by Crippen LogP contribution is 2.27. The van der Waals surface area contributed by atoms with E-state index in [4.69, 9.17) is 0 Å². The maximum absolute atomic E-state index is 11.4. The van der Waals surface area contributed by atoms with Crippen LogP contribution in [0.4, 0.5) is 0 Å². The predicted molar refractivity (Wildman–Crippen MR) is 57.0 cm³/mol. The molecule has 0 spiro atoms. The first-order valence-electron chi connectivity index (χ1n) is 4.92. The molecule has 1 N–H and O–H groups in total. The van der Waals surface area contributed by atoms with Gasteiger partial charge in [0, 0.05) is 6.42 Å². The summed E-state index contributed by atoms with van der Waals surface area (Å²) in [6.45, 7) is 2.01. The highest BCUT2D eigenvalue weighted by Gasteiger charge is 2.52. The third-order valence-corrected chi connectivity index (χ3v) is 2.79. The van der Waals surface area contributed by atoms with E-state index >= 15 is 0 Å². The molecule has 0 amide bonds. The van der Waals surface area contributed by atoms with Crippen LogP contribution in [-0.4, -0.2) is 61.4 Å². The number of aliphatic carboxylic acids is 1. The van der Waals surface area contributed by atoms with Crippen molar-refractivity contribution in [3.8, 4) is 0 Å². The fourth-order valence-corrected chi connectivity index (χ4v) is 2.09. The van der Waals surface area contributed by atoms with E-state index in [0.29, 0.717) is 10.9 Å². The smallest absolute Gasteiger partial charge is 0.382 e. The van der Waals surface area contributed by atoms with Crippen LogP contribution in [-0.2, 0) is 4.79 Å². The maximum atomic E-state index is 11.4. The summed E-state index contributed by atoms with van der Waals surface area (Å²) in [5, 5.41) is 9.40. The van der Waals surface area contributed by atoms with Crippen LogP contribution in [0.1, 0.15) is 19.8 Å². The Morgan fingerprint density at radius 1 is 1.36 bits per heavy atom. The zero-order valence-electron chi connectivity index (χ0n) is 10.2. The van der Waals surface area contributed by atoms with Crippen LogP contribution in [0.25, 0.3) is 0 Å². The molecular weight excluding hydrogens is 180 g/mol. The summed E-state index contributed by atoms with van der Waals surface area (Å²) in [6, 6.07) is 0. The van der Waals surface area contributed by atoms with Crippen molar-refractivity contribution in [2.45, 2.75) is 25.4 Å². The van der Waals surface area contributed by atoms with E-state index in [1.807, 2.05) is 42.2 Å². The normalized spacial score (nSPS) is 16.8. The number of rotatable bonds is 5. The number of hydrogen-bond donors (Lipinski definition) is 1. The largest absolute Gasteiger partial charge is 0.476 e. The van der Waals surface area contributed by atoms with Crippen LogP contribution in [0, 0.1) is 0 Å². The van der Waals surface area contributed by atoms with Gasteiger partial charge in [0.25, 0.3) is 5.66 Å². The average Bonchev–Trinajstić information content (AvgIpc) is 1.95. The topological polar surface area (TPSA) is 40.5 Å². The molecule has 0 aromatic heterocycles.